The van der Waals surface area contributed by atoms with E-state index < -0.39 is 0 Å². The molecular weight excluding hydrogens is 220 g/mol. The first-order valence-electron chi connectivity index (χ1n) is 6.60. The van der Waals surface area contributed by atoms with Crippen molar-refractivity contribution in [3.05, 3.63) is 36.1 Å². The normalized spacial score (nSPS) is 14.6. The van der Waals surface area contributed by atoms with Crippen LogP contribution in [0.25, 0.3) is 0 Å². The molecule has 0 aromatic carbocycles. The summed E-state index contributed by atoms with van der Waals surface area (Å²) in [5, 5.41) is 7.04. The van der Waals surface area contributed by atoms with Crippen LogP contribution < -0.4 is 10.6 Å². The molecule has 0 saturated carbocycles. The zero-order valence-electron chi connectivity index (χ0n) is 13.1. The van der Waals surface area contributed by atoms with Gasteiger partial charge in [-0.1, -0.05) is 18.7 Å². The van der Waals surface area contributed by atoms with Crippen LogP contribution in [0, 0.1) is 0 Å². The molecule has 104 valence electrons. The van der Waals surface area contributed by atoms with E-state index in [4.69, 9.17) is 0 Å². The highest BCUT2D eigenvalue weighted by Gasteiger charge is 2.15. The Kier molecular flexibility index (Phi) is 6.41. The molecule has 0 fully saturated rings. The maximum atomic E-state index is 3.79. The van der Waals surface area contributed by atoms with Gasteiger partial charge in [0.2, 0.25) is 0 Å². The van der Waals surface area contributed by atoms with Crippen molar-refractivity contribution in [2.24, 2.45) is 0 Å². The largest absolute Gasteiger partial charge is 0.380 e. The molecule has 0 aromatic heterocycles. The fraction of sp³-hybridized carbons (Fsp3) is 0.625. The lowest BCUT2D eigenvalue weighted by Gasteiger charge is -2.28. The van der Waals surface area contributed by atoms with E-state index in [0.717, 1.165) is 12.2 Å². The summed E-state index contributed by atoms with van der Waals surface area (Å²) in [5.74, 6) is 0. The molecule has 0 rings (SSSR count). The second kappa shape index (κ2) is 6.79. The third-order valence-electron chi connectivity index (χ3n) is 2.30. The number of rotatable bonds is 5. The summed E-state index contributed by atoms with van der Waals surface area (Å²) >= 11 is 0. The molecule has 0 aromatic rings. The molecule has 0 aliphatic carbocycles. The summed E-state index contributed by atoms with van der Waals surface area (Å²) in [7, 11) is 0. The Morgan fingerprint density at radius 1 is 1.06 bits per heavy atom. The minimum atomic E-state index is 0.0465. The lowest BCUT2D eigenvalue weighted by molar-refractivity contribution is 0.437. The SMILES string of the molecule is C=C/C=C(NC(C)(C)C)\C(=C/C)CNC(C)(C)C. The van der Waals surface area contributed by atoms with Gasteiger partial charge < -0.3 is 10.6 Å². The summed E-state index contributed by atoms with van der Waals surface area (Å²) in [4.78, 5) is 0. The van der Waals surface area contributed by atoms with Crippen LogP contribution in [-0.4, -0.2) is 17.6 Å². The van der Waals surface area contributed by atoms with Crippen LogP contribution in [0.2, 0.25) is 0 Å². The molecule has 2 nitrogen and oxygen atoms in total. The number of nitrogens with one attached hydrogen (secondary N) is 2. The van der Waals surface area contributed by atoms with Gasteiger partial charge >= 0.3 is 0 Å². The van der Waals surface area contributed by atoms with Gasteiger partial charge in [0.1, 0.15) is 0 Å². The molecule has 0 radical (unpaired) electrons. The minimum absolute atomic E-state index is 0.0465. The average molecular weight is 250 g/mol. The summed E-state index contributed by atoms with van der Waals surface area (Å²) in [6.45, 7) is 19.7. The van der Waals surface area contributed by atoms with Crippen molar-refractivity contribution in [2.75, 3.05) is 6.54 Å². The molecular formula is C16H30N2. The van der Waals surface area contributed by atoms with Crippen molar-refractivity contribution in [1.82, 2.24) is 10.6 Å². The summed E-state index contributed by atoms with van der Waals surface area (Å²) in [6.07, 6.45) is 6.01. The maximum Gasteiger partial charge on any atom is 0.0386 e. The van der Waals surface area contributed by atoms with E-state index in [1.54, 1.807) is 0 Å². The van der Waals surface area contributed by atoms with E-state index >= 15 is 0 Å². The molecule has 0 saturated heterocycles. The predicted molar refractivity (Wildman–Crippen MR) is 82.7 cm³/mol. The van der Waals surface area contributed by atoms with E-state index in [1.165, 1.54) is 5.57 Å². The van der Waals surface area contributed by atoms with Crippen LogP contribution in [0.1, 0.15) is 48.5 Å². The molecule has 0 atom stereocenters. The van der Waals surface area contributed by atoms with E-state index in [1.807, 2.05) is 12.2 Å². The van der Waals surface area contributed by atoms with E-state index in [-0.39, 0.29) is 11.1 Å². The Morgan fingerprint density at radius 2 is 1.61 bits per heavy atom. The summed E-state index contributed by atoms with van der Waals surface area (Å²) in [6, 6.07) is 0. The molecule has 0 bridgehead atoms. The number of hydrogen-bond donors (Lipinski definition) is 2. The predicted octanol–water partition coefficient (Wildman–Crippen LogP) is 3.78. The van der Waals surface area contributed by atoms with Crippen LogP contribution in [0.5, 0.6) is 0 Å². The van der Waals surface area contributed by atoms with Crippen molar-refractivity contribution in [1.29, 1.82) is 0 Å². The quantitative estimate of drug-likeness (QED) is 0.726. The lowest BCUT2D eigenvalue weighted by atomic mass is 10.0. The summed E-state index contributed by atoms with van der Waals surface area (Å²) < 4.78 is 0. The van der Waals surface area contributed by atoms with Crippen LogP contribution in [0.15, 0.2) is 36.1 Å². The molecule has 0 aliphatic heterocycles. The highest BCUT2D eigenvalue weighted by molar-refractivity contribution is 5.33. The Morgan fingerprint density at radius 3 is 1.94 bits per heavy atom. The fourth-order valence-electron chi connectivity index (χ4n) is 1.46. The van der Waals surface area contributed by atoms with Gasteiger partial charge in [-0.2, -0.15) is 0 Å². The topological polar surface area (TPSA) is 24.1 Å². The lowest BCUT2D eigenvalue weighted by Crippen LogP contribution is -2.40. The average Bonchev–Trinajstić information content (AvgIpc) is 2.14. The van der Waals surface area contributed by atoms with Crippen LogP contribution >= 0.6 is 0 Å². The maximum absolute atomic E-state index is 3.79. The molecule has 0 spiro atoms. The second-order valence-electron chi connectivity index (χ2n) is 6.61. The zero-order chi connectivity index (χ0) is 14.4. The van der Waals surface area contributed by atoms with Crippen molar-refractivity contribution in [3.63, 3.8) is 0 Å². The van der Waals surface area contributed by atoms with Crippen molar-refractivity contribution in [3.8, 4) is 0 Å². The first-order chi connectivity index (χ1) is 8.09. The van der Waals surface area contributed by atoms with Gasteiger partial charge in [0.25, 0.3) is 0 Å². The Balaban J connectivity index is 4.87. The molecule has 2 heteroatoms. The minimum Gasteiger partial charge on any atom is -0.380 e. The van der Waals surface area contributed by atoms with Crippen molar-refractivity contribution in [2.45, 2.75) is 59.5 Å². The van der Waals surface area contributed by atoms with Gasteiger partial charge in [0, 0.05) is 23.3 Å². The van der Waals surface area contributed by atoms with Gasteiger partial charge in [-0.05, 0) is 60.1 Å². The standard InChI is InChI=1S/C16H30N2/c1-9-11-14(18-16(6,7)8)13(10-2)12-17-15(3,4)5/h9-11,17-18H,1,12H2,2-8H3/b13-10-,14-11+. The van der Waals surface area contributed by atoms with Crippen molar-refractivity contribution >= 4 is 0 Å². The van der Waals surface area contributed by atoms with Gasteiger partial charge in [-0.15, -0.1) is 0 Å². The second-order valence-corrected chi connectivity index (χ2v) is 6.61. The number of allylic oxidation sites excluding steroid dienone is 3. The molecule has 0 amide bonds. The number of hydrogen-bond acceptors (Lipinski definition) is 2. The molecule has 0 heterocycles. The van der Waals surface area contributed by atoms with Gasteiger partial charge in [0.05, 0.1) is 0 Å². The first kappa shape index (κ1) is 17.0. The summed E-state index contributed by atoms with van der Waals surface area (Å²) in [5.41, 5.74) is 2.57. The van der Waals surface area contributed by atoms with E-state index in [0.29, 0.717) is 0 Å². The van der Waals surface area contributed by atoms with Crippen LogP contribution in [0.3, 0.4) is 0 Å². The molecule has 0 aliphatic rings. The Labute approximate surface area is 113 Å². The molecule has 18 heavy (non-hydrogen) atoms. The highest BCUT2D eigenvalue weighted by Crippen LogP contribution is 2.13. The fourth-order valence-corrected chi connectivity index (χ4v) is 1.46. The molecule has 0 unspecified atom stereocenters. The van der Waals surface area contributed by atoms with E-state index in [2.05, 4.69) is 71.8 Å². The third-order valence-corrected chi connectivity index (χ3v) is 2.30. The molecule has 2 N–H and O–H groups in total. The van der Waals surface area contributed by atoms with Gasteiger partial charge in [-0.25, -0.2) is 0 Å². The van der Waals surface area contributed by atoms with Gasteiger partial charge in [-0.3, -0.25) is 0 Å². The van der Waals surface area contributed by atoms with Crippen LogP contribution in [-0.2, 0) is 0 Å². The monoisotopic (exact) mass is 250 g/mol. The Hall–Kier alpha value is -1.02. The van der Waals surface area contributed by atoms with Gasteiger partial charge in [0.15, 0.2) is 0 Å². The van der Waals surface area contributed by atoms with E-state index in [9.17, 15) is 0 Å². The third kappa shape index (κ3) is 8.13. The highest BCUT2D eigenvalue weighted by atomic mass is 15.0. The smallest absolute Gasteiger partial charge is 0.0386 e. The first-order valence-corrected chi connectivity index (χ1v) is 6.60. The zero-order valence-corrected chi connectivity index (χ0v) is 13.1. The van der Waals surface area contributed by atoms with Crippen LogP contribution in [0.4, 0.5) is 0 Å². The van der Waals surface area contributed by atoms with Crippen molar-refractivity contribution < 1.29 is 0 Å². The Bertz CT molecular complexity index is 322.